The monoisotopic (exact) mass is 592 g/mol. The molecule has 236 valence electrons. The summed E-state index contributed by atoms with van der Waals surface area (Å²) >= 11 is 0. The van der Waals surface area contributed by atoms with Gasteiger partial charge in [0.05, 0.1) is 25.0 Å². The van der Waals surface area contributed by atoms with Gasteiger partial charge >= 0.3 is 6.09 Å². The van der Waals surface area contributed by atoms with E-state index >= 15 is 0 Å². The van der Waals surface area contributed by atoms with Crippen LogP contribution < -0.4 is 10.1 Å². The summed E-state index contributed by atoms with van der Waals surface area (Å²) in [6, 6.07) is 3.72. The van der Waals surface area contributed by atoms with Crippen LogP contribution in [0.15, 0.2) is 57.9 Å². The van der Waals surface area contributed by atoms with Gasteiger partial charge in [0.15, 0.2) is 0 Å². The first-order chi connectivity index (χ1) is 20.7. The number of carbonyl (C=O) groups is 2. The van der Waals surface area contributed by atoms with Crippen LogP contribution in [0.5, 0.6) is 5.75 Å². The van der Waals surface area contributed by atoms with Gasteiger partial charge < -0.3 is 19.7 Å². The number of methoxy groups -OCH3 is 1. The summed E-state index contributed by atoms with van der Waals surface area (Å²) in [5.41, 5.74) is 6.19. The highest BCUT2D eigenvalue weighted by Crippen LogP contribution is 2.28. The van der Waals surface area contributed by atoms with Crippen molar-refractivity contribution in [1.29, 1.82) is 0 Å². The molecule has 2 amide bonds. The summed E-state index contributed by atoms with van der Waals surface area (Å²) in [6.07, 6.45) is 14.6. The Hall–Kier alpha value is -3.68. The Morgan fingerprint density at radius 1 is 1.09 bits per heavy atom. The van der Waals surface area contributed by atoms with Crippen LogP contribution >= 0.6 is 0 Å². The first-order valence-corrected chi connectivity index (χ1v) is 15.8. The second-order valence-corrected chi connectivity index (χ2v) is 11.0. The highest BCUT2D eigenvalue weighted by Gasteiger charge is 2.25. The molecular formula is C35H52N4O4. The van der Waals surface area contributed by atoms with Gasteiger partial charge in [-0.25, -0.2) is 4.79 Å². The third-order valence-electron chi connectivity index (χ3n) is 7.49. The third-order valence-corrected chi connectivity index (χ3v) is 7.49. The van der Waals surface area contributed by atoms with E-state index in [1.54, 1.807) is 18.9 Å². The normalized spacial score (nSPS) is 15.4. The number of nitrogens with zero attached hydrogens (tertiary/aromatic N) is 3. The molecule has 1 unspecified atom stereocenters. The zero-order valence-electron chi connectivity index (χ0n) is 27.6. The topological polar surface area (TPSA) is 92.6 Å². The van der Waals surface area contributed by atoms with Crippen molar-refractivity contribution in [2.75, 3.05) is 20.3 Å². The molecule has 1 aliphatic heterocycles. The Kier molecular flexibility index (Phi) is 15.5. The van der Waals surface area contributed by atoms with Crippen molar-refractivity contribution in [2.45, 2.75) is 100.0 Å². The Bertz CT molecular complexity index is 1240. The largest absolute Gasteiger partial charge is 0.496 e. The second-order valence-electron chi connectivity index (χ2n) is 11.0. The lowest BCUT2D eigenvalue weighted by molar-refractivity contribution is 0.0962. The quantitative estimate of drug-likeness (QED) is 0.126. The fraction of sp³-hybridized carbons (Fsp3) is 0.543. The molecule has 2 rings (SSSR count). The molecule has 1 aliphatic rings. The number of hydrogen-bond donors (Lipinski definition) is 1. The molecule has 1 aromatic rings. The standard InChI is InChI=1S/C35H52N4O4/c1-9-13-16-27(7)37-38-33(25(5)11-3)28(18-14-10-2)19-15-17-26(6)36-34(40)31-22-30-24-39(35(41)43-12-4)21-20-29(30)23-32(31)42-8/h15,17-19,22-23,25H,9-14,16,20-21,24H2,1-8H3,(H,36,40)/b19-15-,26-17+,28-18-,37-27+,38-33+. The molecule has 0 bridgehead atoms. The average Bonchev–Trinajstić information content (AvgIpc) is 3.00. The molecule has 1 aromatic carbocycles. The lowest BCUT2D eigenvalue weighted by Gasteiger charge is -2.29. The summed E-state index contributed by atoms with van der Waals surface area (Å²) in [6.45, 7) is 15.7. The number of carbonyl (C=O) groups excluding carboxylic acids is 2. The summed E-state index contributed by atoms with van der Waals surface area (Å²) in [4.78, 5) is 27.3. The number of allylic oxidation sites excluding steroid dienone is 6. The van der Waals surface area contributed by atoms with Gasteiger partial charge in [0.2, 0.25) is 0 Å². The van der Waals surface area contributed by atoms with Gasteiger partial charge in [-0.3, -0.25) is 4.79 Å². The minimum absolute atomic E-state index is 0.261. The minimum atomic E-state index is -0.340. The molecule has 8 heteroatoms. The van der Waals surface area contributed by atoms with Crippen LogP contribution in [0.3, 0.4) is 0 Å². The second kappa shape index (κ2) is 18.8. The summed E-state index contributed by atoms with van der Waals surface area (Å²) in [7, 11) is 1.56. The molecule has 1 N–H and O–H groups in total. The van der Waals surface area contributed by atoms with Crippen LogP contribution in [-0.2, 0) is 17.7 Å². The number of benzene rings is 1. The number of ether oxygens (including phenoxy) is 2. The summed E-state index contributed by atoms with van der Waals surface area (Å²) in [5, 5.41) is 12.3. The lowest BCUT2D eigenvalue weighted by atomic mass is 9.94. The molecule has 0 spiro atoms. The van der Waals surface area contributed by atoms with Gasteiger partial charge in [-0.15, -0.1) is 0 Å². The number of unbranched alkanes of at least 4 members (excludes halogenated alkanes) is 2. The molecule has 0 saturated heterocycles. The smallest absolute Gasteiger partial charge is 0.410 e. The number of rotatable bonds is 15. The first kappa shape index (κ1) is 35.5. The minimum Gasteiger partial charge on any atom is -0.496 e. The maximum absolute atomic E-state index is 13.3. The van der Waals surface area contributed by atoms with Gasteiger partial charge in [-0.2, -0.15) is 10.2 Å². The third kappa shape index (κ3) is 11.2. The van der Waals surface area contributed by atoms with E-state index in [0.29, 0.717) is 43.1 Å². The molecule has 43 heavy (non-hydrogen) atoms. The maximum Gasteiger partial charge on any atom is 0.410 e. The van der Waals surface area contributed by atoms with Gasteiger partial charge in [-0.1, -0.05) is 58.8 Å². The number of fused-ring (bicyclic) bond motifs is 1. The zero-order chi connectivity index (χ0) is 31.8. The molecule has 0 aliphatic carbocycles. The Morgan fingerprint density at radius 2 is 1.86 bits per heavy atom. The summed E-state index contributed by atoms with van der Waals surface area (Å²) in [5.74, 6) is 0.505. The highest BCUT2D eigenvalue weighted by atomic mass is 16.6. The number of amides is 2. The van der Waals surface area contributed by atoms with Gasteiger partial charge in [0.1, 0.15) is 5.75 Å². The molecule has 0 aromatic heterocycles. The van der Waals surface area contributed by atoms with Crippen LogP contribution in [0.25, 0.3) is 0 Å². The van der Waals surface area contributed by atoms with E-state index in [-0.39, 0.29) is 17.9 Å². The highest BCUT2D eigenvalue weighted by molar-refractivity contribution is 6.04. The Morgan fingerprint density at radius 3 is 2.51 bits per heavy atom. The van der Waals surface area contributed by atoms with E-state index in [4.69, 9.17) is 14.6 Å². The predicted octanol–water partition coefficient (Wildman–Crippen LogP) is 8.18. The van der Waals surface area contributed by atoms with Crippen molar-refractivity contribution in [2.24, 2.45) is 16.1 Å². The van der Waals surface area contributed by atoms with E-state index in [9.17, 15) is 9.59 Å². The molecular weight excluding hydrogens is 540 g/mol. The fourth-order valence-corrected chi connectivity index (χ4v) is 4.70. The van der Waals surface area contributed by atoms with E-state index in [2.05, 4.69) is 50.3 Å². The van der Waals surface area contributed by atoms with Crippen molar-refractivity contribution in [3.63, 3.8) is 0 Å². The zero-order valence-corrected chi connectivity index (χ0v) is 27.6. The lowest BCUT2D eigenvalue weighted by Crippen LogP contribution is -2.36. The Balaban J connectivity index is 2.27. The van der Waals surface area contributed by atoms with Crippen LogP contribution in [0, 0.1) is 5.92 Å². The molecule has 8 nitrogen and oxygen atoms in total. The molecule has 0 fully saturated rings. The van der Waals surface area contributed by atoms with E-state index in [1.807, 2.05) is 38.1 Å². The van der Waals surface area contributed by atoms with Crippen molar-refractivity contribution < 1.29 is 19.1 Å². The van der Waals surface area contributed by atoms with Gasteiger partial charge in [0, 0.05) is 30.4 Å². The molecule has 0 saturated carbocycles. The van der Waals surface area contributed by atoms with Crippen molar-refractivity contribution >= 4 is 23.4 Å². The molecule has 1 atom stereocenters. The van der Waals surface area contributed by atoms with Crippen molar-refractivity contribution in [1.82, 2.24) is 10.2 Å². The van der Waals surface area contributed by atoms with Crippen molar-refractivity contribution in [3.8, 4) is 5.75 Å². The van der Waals surface area contributed by atoms with Crippen LogP contribution in [-0.4, -0.2) is 48.6 Å². The molecule has 1 heterocycles. The Labute approximate surface area is 259 Å². The average molecular weight is 593 g/mol. The van der Waals surface area contributed by atoms with E-state index < -0.39 is 0 Å². The first-order valence-electron chi connectivity index (χ1n) is 15.8. The van der Waals surface area contributed by atoms with Gasteiger partial charge in [0.25, 0.3) is 5.91 Å². The van der Waals surface area contributed by atoms with Gasteiger partial charge in [-0.05, 0) is 87.8 Å². The van der Waals surface area contributed by atoms with E-state index in [0.717, 1.165) is 66.6 Å². The SMILES string of the molecule is CCC/C=C(/C=C\C=C(/C)NC(=O)c1cc2c(cc1OC)CCN(C(=O)OCC)C2)C(=N\N=C(/C)CCCC)\C(C)CC. The molecule has 0 radical (unpaired) electrons. The maximum atomic E-state index is 13.3. The number of hydrogen-bond acceptors (Lipinski definition) is 6. The number of nitrogens with one attached hydrogen (secondary N) is 1. The van der Waals surface area contributed by atoms with Crippen molar-refractivity contribution in [3.05, 3.63) is 64.4 Å². The summed E-state index contributed by atoms with van der Waals surface area (Å²) < 4.78 is 10.7. The van der Waals surface area contributed by atoms with Crippen LogP contribution in [0.2, 0.25) is 0 Å². The van der Waals surface area contributed by atoms with Crippen LogP contribution in [0.1, 0.15) is 108 Å². The fourth-order valence-electron chi connectivity index (χ4n) is 4.70. The van der Waals surface area contributed by atoms with Crippen LogP contribution in [0.4, 0.5) is 4.79 Å². The predicted molar refractivity (Wildman–Crippen MR) is 177 cm³/mol. The van der Waals surface area contributed by atoms with E-state index in [1.165, 1.54) is 0 Å².